The molecule has 2 N–H and O–H groups in total. The predicted octanol–water partition coefficient (Wildman–Crippen LogP) is 4.57. The molecule has 37 heavy (non-hydrogen) atoms. The molecule has 0 spiro atoms. The van der Waals surface area contributed by atoms with Gasteiger partial charge in [-0.2, -0.15) is 9.97 Å². The van der Waals surface area contributed by atoms with Crippen molar-refractivity contribution < 1.29 is 9.84 Å². The second-order valence-electron chi connectivity index (χ2n) is 10.9. The number of likely N-dealkylation sites (N-methyl/N-ethyl adjacent to an activating group) is 1. The summed E-state index contributed by atoms with van der Waals surface area (Å²) in [6, 6.07) is 20.0. The average Bonchev–Trinajstić information content (AvgIpc) is 3.35. The van der Waals surface area contributed by atoms with Crippen LogP contribution in [0.5, 0.6) is 11.8 Å². The van der Waals surface area contributed by atoms with Gasteiger partial charge in [0.15, 0.2) is 0 Å². The number of nitrogens with one attached hydrogen (secondary N) is 1. The first kappa shape index (κ1) is 22.8. The lowest BCUT2D eigenvalue weighted by Crippen LogP contribution is -2.61. The van der Waals surface area contributed by atoms with Gasteiger partial charge in [-0.3, -0.25) is 0 Å². The Kier molecular flexibility index (Phi) is 5.63. The fraction of sp³-hybridized carbons (Fsp3) is 0.400. The molecule has 4 fully saturated rings. The molecule has 0 saturated carbocycles. The minimum atomic E-state index is 0.263. The van der Waals surface area contributed by atoms with E-state index in [0.717, 1.165) is 64.7 Å². The molecule has 1 aromatic heterocycles. The lowest BCUT2D eigenvalue weighted by Gasteiger charge is -2.46. The summed E-state index contributed by atoms with van der Waals surface area (Å²) in [5, 5.41) is 17.3. The van der Waals surface area contributed by atoms with Crippen LogP contribution in [-0.2, 0) is 0 Å². The Morgan fingerprint density at radius 2 is 1.95 bits per heavy atom. The van der Waals surface area contributed by atoms with Gasteiger partial charge in [0.25, 0.3) is 0 Å². The van der Waals surface area contributed by atoms with Crippen molar-refractivity contribution in [2.24, 2.45) is 0 Å². The number of aromatic hydroxyl groups is 1. The van der Waals surface area contributed by atoms with Gasteiger partial charge in [-0.25, -0.2) is 0 Å². The molecule has 4 aliphatic heterocycles. The number of phenols is 1. The molecule has 0 radical (unpaired) electrons. The predicted molar refractivity (Wildman–Crippen MR) is 147 cm³/mol. The lowest BCUT2D eigenvalue weighted by molar-refractivity contribution is 0.188. The Hall–Kier alpha value is -3.42. The van der Waals surface area contributed by atoms with Gasteiger partial charge in [-0.1, -0.05) is 30.3 Å². The zero-order valence-corrected chi connectivity index (χ0v) is 21.2. The lowest BCUT2D eigenvalue weighted by atomic mass is 9.92. The number of nitrogens with zero attached hydrogens (tertiary/aromatic N) is 4. The van der Waals surface area contributed by atoms with Crippen LogP contribution in [0, 0.1) is 0 Å². The summed E-state index contributed by atoms with van der Waals surface area (Å²) < 4.78 is 6.27. The maximum atomic E-state index is 10.4. The van der Waals surface area contributed by atoms with Crippen LogP contribution in [0.3, 0.4) is 0 Å². The fourth-order valence-corrected chi connectivity index (χ4v) is 6.41. The van der Waals surface area contributed by atoms with Crippen LogP contribution in [0.2, 0.25) is 0 Å². The van der Waals surface area contributed by atoms with E-state index in [1.165, 1.54) is 19.3 Å². The molecule has 0 amide bonds. The first-order chi connectivity index (χ1) is 18.1. The fourth-order valence-electron chi connectivity index (χ4n) is 6.41. The molecular formula is C30H33N5O2. The molecule has 8 rings (SSSR count). The number of anilines is 1. The molecule has 190 valence electrons. The molecule has 7 nitrogen and oxygen atoms in total. The molecule has 5 heterocycles. The topological polar surface area (TPSA) is 73.8 Å². The number of aromatic nitrogens is 2. The average molecular weight is 496 g/mol. The number of ether oxygens (including phenoxy) is 1. The van der Waals surface area contributed by atoms with E-state index in [1.807, 2.05) is 30.3 Å². The highest BCUT2D eigenvalue weighted by atomic mass is 16.5. The highest BCUT2D eigenvalue weighted by Crippen LogP contribution is 2.37. The van der Waals surface area contributed by atoms with Crippen molar-refractivity contribution in [3.8, 4) is 22.9 Å². The summed E-state index contributed by atoms with van der Waals surface area (Å²) in [7, 11) is 2.16. The Morgan fingerprint density at radius 1 is 1.03 bits per heavy atom. The minimum absolute atomic E-state index is 0.263. The molecule has 4 saturated heterocycles. The summed E-state index contributed by atoms with van der Waals surface area (Å²) >= 11 is 0. The summed E-state index contributed by atoms with van der Waals surface area (Å²) in [5.41, 5.74) is 2.89. The molecule has 0 aliphatic carbocycles. The Bertz CT molecular complexity index is 1470. The third-order valence-electron chi connectivity index (χ3n) is 8.51. The highest BCUT2D eigenvalue weighted by molar-refractivity contribution is 6.01. The number of fused-ring (bicyclic) bond motifs is 5. The van der Waals surface area contributed by atoms with E-state index < -0.39 is 0 Å². The van der Waals surface area contributed by atoms with Crippen LogP contribution in [-0.4, -0.2) is 71.4 Å². The SMILES string of the molecule is CN1CCC[C@H]1COc1nc(N2C[C@@H]3CC[C@H]2CN3)c2ccc(-c3cc(O)cc4ccccc34)cc2n1. The summed E-state index contributed by atoms with van der Waals surface area (Å²) in [4.78, 5) is 14.7. The van der Waals surface area contributed by atoms with Gasteiger partial charge in [0, 0.05) is 36.6 Å². The first-order valence-corrected chi connectivity index (χ1v) is 13.5. The number of piperazine rings is 1. The quantitative estimate of drug-likeness (QED) is 0.420. The second-order valence-corrected chi connectivity index (χ2v) is 10.9. The third-order valence-corrected chi connectivity index (χ3v) is 8.51. The number of benzene rings is 3. The normalized spacial score (nSPS) is 23.8. The first-order valence-electron chi connectivity index (χ1n) is 13.5. The molecule has 3 atom stereocenters. The van der Waals surface area contributed by atoms with E-state index >= 15 is 0 Å². The maximum absolute atomic E-state index is 10.4. The van der Waals surface area contributed by atoms with Gasteiger partial charge < -0.3 is 25.0 Å². The van der Waals surface area contributed by atoms with Crippen molar-refractivity contribution in [3.63, 3.8) is 0 Å². The van der Waals surface area contributed by atoms with Crippen LogP contribution in [0.15, 0.2) is 54.6 Å². The highest BCUT2D eigenvalue weighted by Gasteiger charge is 2.35. The van der Waals surface area contributed by atoms with Crippen molar-refractivity contribution in [1.29, 1.82) is 0 Å². The summed E-state index contributed by atoms with van der Waals surface area (Å²) in [5.74, 6) is 1.24. The number of rotatable bonds is 5. The largest absolute Gasteiger partial charge is 0.508 e. The summed E-state index contributed by atoms with van der Waals surface area (Å²) in [6.07, 6.45) is 4.75. The van der Waals surface area contributed by atoms with Gasteiger partial charge in [-0.15, -0.1) is 0 Å². The molecular weight excluding hydrogens is 462 g/mol. The molecule has 0 unspecified atom stereocenters. The van der Waals surface area contributed by atoms with E-state index in [9.17, 15) is 5.11 Å². The minimum Gasteiger partial charge on any atom is -0.508 e. The number of phenolic OH excluding ortho intramolecular Hbond substituents is 1. The van der Waals surface area contributed by atoms with Crippen LogP contribution < -0.4 is 15.0 Å². The smallest absolute Gasteiger partial charge is 0.319 e. The van der Waals surface area contributed by atoms with E-state index in [2.05, 4.69) is 46.4 Å². The van der Waals surface area contributed by atoms with Gasteiger partial charge >= 0.3 is 6.01 Å². The van der Waals surface area contributed by atoms with E-state index in [0.29, 0.717) is 30.7 Å². The second kappa shape index (κ2) is 9.15. The van der Waals surface area contributed by atoms with Crippen molar-refractivity contribution in [2.75, 3.05) is 38.2 Å². The number of piperidine rings is 2. The standard InChI is InChI=1S/C30H33N5O2/c1-34-12-4-6-23(34)18-37-30-32-28-14-20(27-15-24(36)13-19-5-2-3-7-25(19)27)8-11-26(28)29(33-30)35-17-21-9-10-22(35)16-31-21/h2-3,5,7-8,11,13-15,21-23,31,36H,4,6,9-10,12,16-18H2,1H3/t21-,22-,23-/m0/s1. The Balaban J connectivity index is 1.33. The van der Waals surface area contributed by atoms with Crippen molar-refractivity contribution in [1.82, 2.24) is 20.2 Å². The van der Waals surface area contributed by atoms with Crippen LogP contribution >= 0.6 is 0 Å². The van der Waals surface area contributed by atoms with E-state index in [1.54, 1.807) is 0 Å². The molecule has 3 aromatic carbocycles. The molecule has 7 heteroatoms. The zero-order valence-electron chi connectivity index (χ0n) is 21.2. The zero-order chi connectivity index (χ0) is 24.9. The number of likely N-dealkylation sites (tertiary alicyclic amines) is 1. The Morgan fingerprint density at radius 3 is 2.73 bits per heavy atom. The molecule has 2 bridgehead atoms. The molecule has 4 aromatic rings. The number of hydrogen-bond acceptors (Lipinski definition) is 7. The Labute approximate surface area is 217 Å². The van der Waals surface area contributed by atoms with Gasteiger partial charge in [0.2, 0.25) is 0 Å². The van der Waals surface area contributed by atoms with E-state index in [4.69, 9.17) is 14.7 Å². The van der Waals surface area contributed by atoms with Crippen molar-refractivity contribution >= 4 is 27.5 Å². The number of hydrogen-bond donors (Lipinski definition) is 2. The maximum Gasteiger partial charge on any atom is 0.319 e. The van der Waals surface area contributed by atoms with Gasteiger partial charge in [-0.05, 0) is 85.4 Å². The van der Waals surface area contributed by atoms with Crippen LogP contribution in [0.4, 0.5) is 5.82 Å². The van der Waals surface area contributed by atoms with Crippen LogP contribution in [0.25, 0.3) is 32.8 Å². The van der Waals surface area contributed by atoms with Crippen molar-refractivity contribution in [3.05, 3.63) is 54.6 Å². The molecule has 4 aliphatic rings. The van der Waals surface area contributed by atoms with Gasteiger partial charge in [0.05, 0.1) is 5.52 Å². The third kappa shape index (κ3) is 4.16. The van der Waals surface area contributed by atoms with Crippen LogP contribution in [0.1, 0.15) is 25.7 Å². The monoisotopic (exact) mass is 495 g/mol. The summed E-state index contributed by atoms with van der Waals surface area (Å²) in [6.45, 7) is 3.67. The van der Waals surface area contributed by atoms with E-state index in [-0.39, 0.29) is 5.75 Å². The van der Waals surface area contributed by atoms with Gasteiger partial charge in [0.1, 0.15) is 18.2 Å². The van der Waals surface area contributed by atoms with Crippen molar-refractivity contribution in [2.45, 2.75) is 43.8 Å².